The molecule has 0 unspecified atom stereocenters. The topological polar surface area (TPSA) is 20.2 Å². The zero-order valence-electron chi connectivity index (χ0n) is 5.76. The number of alkyl halides is 1. The van der Waals surface area contributed by atoms with Crippen molar-refractivity contribution in [2.45, 2.75) is 13.6 Å². The van der Waals surface area contributed by atoms with E-state index in [1.807, 2.05) is 0 Å². The highest BCUT2D eigenvalue weighted by Crippen LogP contribution is 2.21. The molecule has 1 N–H and O–H groups in total. The lowest BCUT2D eigenvalue weighted by Gasteiger charge is -2.01. The average Bonchev–Trinajstić information content (AvgIpc) is 1.95. The van der Waals surface area contributed by atoms with Gasteiger partial charge in [0.1, 0.15) is 12.4 Å². The Labute approximate surface area is 59.1 Å². The molecule has 0 aromatic heterocycles. The maximum absolute atomic E-state index is 12.0. The predicted molar refractivity (Wildman–Crippen MR) is 37.7 cm³/mol. The number of hydrogen-bond acceptors (Lipinski definition) is 1. The van der Waals surface area contributed by atoms with Crippen LogP contribution in [0.2, 0.25) is 0 Å². The average molecular weight is 140 g/mol. The van der Waals surface area contributed by atoms with E-state index in [9.17, 15) is 4.39 Å². The molecule has 0 aliphatic heterocycles. The van der Waals surface area contributed by atoms with Crippen molar-refractivity contribution in [3.63, 3.8) is 0 Å². The highest BCUT2D eigenvalue weighted by Gasteiger charge is 2.00. The molecule has 0 amide bonds. The van der Waals surface area contributed by atoms with Gasteiger partial charge in [0.15, 0.2) is 0 Å². The molecule has 0 aliphatic rings. The van der Waals surface area contributed by atoms with Crippen LogP contribution in [0.3, 0.4) is 0 Å². The fraction of sp³-hybridized carbons (Fsp3) is 0.250. The van der Waals surface area contributed by atoms with Crippen molar-refractivity contribution in [3.05, 3.63) is 29.3 Å². The highest BCUT2D eigenvalue weighted by atomic mass is 19.1. The van der Waals surface area contributed by atoms with Gasteiger partial charge in [-0.05, 0) is 12.5 Å². The van der Waals surface area contributed by atoms with Crippen molar-refractivity contribution >= 4 is 0 Å². The van der Waals surface area contributed by atoms with E-state index in [2.05, 4.69) is 0 Å². The number of rotatable bonds is 1. The molecule has 0 fully saturated rings. The van der Waals surface area contributed by atoms with Gasteiger partial charge in [-0.2, -0.15) is 0 Å². The Morgan fingerprint density at radius 2 is 2.20 bits per heavy atom. The third kappa shape index (κ3) is 1.10. The van der Waals surface area contributed by atoms with Crippen LogP contribution in [0.25, 0.3) is 0 Å². The van der Waals surface area contributed by atoms with Gasteiger partial charge in [0.05, 0.1) is 0 Å². The van der Waals surface area contributed by atoms with Crippen molar-refractivity contribution < 1.29 is 9.50 Å². The van der Waals surface area contributed by atoms with E-state index in [1.165, 1.54) is 0 Å². The molecule has 0 saturated heterocycles. The van der Waals surface area contributed by atoms with Gasteiger partial charge >= 0.3 is 0 Å². The lowest BCUT2D eigenvalue weighted by atomic mass is 10.1. The minimum Gasteiger partial charge on any atom is -0.507 e. The maximum atomic E-state index is 12.0. The molecule has 0 aliphatic carbocycles. The Bertz CT molecular complexity index is 233. The molecule has 0 bridgehead atoms. The largest absolute Gasteiger partial charge is 0.507 e. The van der Waals surface area contributed by atoms with Crippen LogP contribution < -0.4 is 0 Å². The predicted octanol–water partition coefficient (Wildman–Crippen LogP) is 2.17. The van der Waals surface area contributed by atoms with E-state index in [0.29, 0.717) is 5.56 Å². The molecular formula is C8H9FO. The molecule has 0 heterocycles. The molecule has 0 spiro atoms. The number of aryl methyl sites for hydroxylation is 1. The third-order valence-corrected chi connectivity index (χ3v) is 1.47. The normalized spacial score (nSPS) is 9.80. The zero-order valence-corrected chi connectivity index (χ0v) is 5.76. The molecule has 0 saturated carbocycles. The minimum absolute atomic E-state index is 0.0741. The number of halogens is 1. The molecule has 0 radical (unpaired) electrons. The number of aromatic hydroxyl groups is 1. The molecule has 1 rings (SSSR count). The standard InChI is InChI=1S/C8H9FO/c1-6-3-2-4-7(5-9)8(6)10/h2-4,10H,5H2,1H3. The molecule has 10 heavy (non-hydrogen) atoms. The van der Waals surface area contributed by atoms with Gasteiger partial charge in [0.2, 0.25) is 0 Å². The van der Waals surface area contributed by atoms with Crippen LogP contribution in [0.5, 0.6) is 5.75 Å². The van der Waals surface area contributed by atoms with Gasteiger partial charge in [0, 0.05) is 5.56 Å². The van der Waals surface area contributed by atoms with Gasteiger partial charge in [-0.3, -0.25) is 0 Å². The van der Waals surface area contributed by atoms with Crippen LogP contribution in [0.15, 0.2) is 18.2 Å². The van der Waals surface area contributed by atoms with Crippen LogP contribution in [0.4, 0.5) is 4.39 Å². The summed E-state index contributed by atoms with van der Waals surface area (Å²) in [6.45, 7) is 1.14. The first-order chi connectivity index (χ1) is 4.75. The molecule has 1 aromatic rings. The highest BCUT2D eigenvalue weighted by molar-refractivity contribution is 5.38. The second kappa shape index (κ2) is 2.69. The summed E-state index contributed by atoms with van der Waals surface area (Å²) in [6.07, 6.45) is 0. The Morgan fingerprint density at radius 3 is 2.70 bits per heavy atom. The third-order valence-electron chi connectivity index (χ3n) is 1.47. The van der Waals surface area contributed by atoms with E-state index in [-0.39, 0.29) is 5.75 Å². The number of para-hydroxylation sites is 1. The second-order valence-electron chi connectivity index (χ2n) is 2.22. The molecule has 1 nitrogen and oxygen atoms in total. The van der Waals surface area contributed by atoms with Crippen LogP contribution >= 0.6 is 0 Å². The summed E-state index contributed by atoms with van der Waals surface area (Å²) >= 11 is 0. The van der Waals surface area contributed by atoms with E-state index >= 15 is 0 Å². The van der Waals surface area contributed by atoms with Gasteiger partial charge in [-0.25, -0.2) is 4.39 Å². The number of phenols is 1. The lowest BCUT2D eigenvalue weighted by Crippen LogP contribution is -1.81. The Kier molecular flexibility index (Phi) is 1.90. The molecule has 0 atom stereocenters. The van der Waals surface area contributed by atoms with Crippen molar-refractivity contribution in [1.82, 2.24) is 0 Å². The Morgan fingerprint density at radius 1 is 1.50 bits per heavy atom. The summed E-state index contributed by atoms with van der Waals surface area (Å²) in [5.74, 6) is 0.0741. The number of hydrogen-bond donors (Lipinski definition) is 1. The first kappa shape index (κ1) is 7.06. The molecule has 2 heteroatoms. The molecule has 54 valence electrons. The van der Waals surface area contributed by atoms with E-state index in [1.54, 1.807) is 25.1 Å². The first-order valence-corrected chi connectivity index (χ1v) is 3.09. The summed E-state index contributed by atoms with van der Waals surface area (Å²) in [7, 11) is 0. The summed E-state index contributed by atoms with van der Waals surface area (Å²) in [5.41, 5.74) is 1.08. The fourth-order valence-corrected chi connectivity index (χ4v) is 0.828. The van der Waals surface area contributed by atoms with Crippen molar-refractivity contribution in [2.75, 3.05) is 0 Å². The summed E-state index contributed by atoms with van der Waals surface area (Å²) in [5, 5.41) is 9.16. The maximum Gasteiger partial charge on any atom is 0.124 e. The van der Waals surface area contributed by atoms with Crippen LogP contribution in [-0.4, -0.2) is 5.11 Å². The SMILES string of the molecule is Cc1cccc(CF)c1O. The van der Waals surface area contributed by atoms with Crippen molar-refractivity contribution in [1.29, 1.82) is 0 Å². The van der Waals surface area contributed by atoms with E-state index in [0.717, 1.165) is 5.56 Å². The minimum atomic E-state index is -0.604. The Hall–Kier alpha value is -1.05. The van der Waals surface area contributed by atoms with Crippen LogP contribution in [0, 0.1) is 6.92 Å². The van der Waals surface area contributed by atoms with Gasteiger partial charge in [-0.1, -0.05) is 18.2 Å². The smallest absolute Gasteiger partial charge is 0.124 e. The lowest BCUT2D eigenvalue weighted by molar-refractivity contribution is 0.430. The van der Waals surface area contributed by atoms with Crippen LogP contribution in [-0.2, 0) is 6.67 Å². The monoisotopic (exact) mass is 140 g/mol. The Balaban J connectivity index is 3.14. The summed E-state index contributed by atoms with van der Waals surface area (Å²) in [4.78, 5) is 0. The fourth-order valence-electron chi connectivity index (χ4n) is 0.828. The summed E-state index contributed by atoms with van der Waals surface area (Å²) < 4.78 is 12.0. The van der Waals surface area contributed by atoms with Gasteiger partial charge < -0.3 is 5.11 Å². The van der Waals surface area contributed by atoms with Crippen LogP contribution in [0.1, 0.15) is 11.1 Å². The quantitative estimate of drug-likeness (QED) is 0.633. The zero-order chi connectivity index (χ0) is 7.56. The summed E-state index contributed by atoms with van der Waals surface area (Å²) in [6, 6.07) is 5.04. The number of phenolic OH excluding ortho intramolecular Hbond substituents is 1. The van der Waals surface area contributed by atoms with Gasteiger partial charge in [-0.15, -0.1) is 0 Å². The van der Waals surface area contributed by atoms with Crippen molar-refractivity contribution in [3.8, 4) is 5.75 Å². The molecular weight excluding hydrogens is 131 g/mol. The first-order valence-electron chi connectivity index (χ1n) is 3.09. The number of benzene rings is 1. The van der Waals surface area contributed by atoms with Gasteiger partial charge in [0.25, 0.3) is 0 Å². The van der Waals surface area contributed by atoms with E-state index < -0.39 is 6.67 Å². The second-order valence-corrected chi connectivity index (χ2v) is 2.22. The van der Waals surface area contributed by atoms with E-state index in [4.69, 9.17) is 5.11 Å². The molecule has 1 aromatic carbocycles. The van der Waals surface area contributed by atoms with Crippen molar-refractivity contribution in [2.24, 2.45) is 0 Å².